The summed E-state index contributed by atoms with van der Waals surface area (Å²) in [5, 5.41) is -0.323. The predicted molar refractivity (Wildman–Crippen MR) is 405 cm³/mol. The molecular formula is C86H114O19Si. The Morgan fingerprint density at radius 3 is 0.934 bits per heavy atom. The molecule has 0 amide bonds. The highest BCUT2D eigenvalue weighted by molar-refractivity contribution is 6.74. The van der Waals surface area contributed by atoms with Gasteiger partial charge in [-0.25, -0.2) is 0 Å². The van der Waals surface area contributed by atoms with Crippen LogP contribution < -0.4 is 0 Å². The van der Waals surface area contributed by atoms with Gasteiger partial charge in [-0.3, -0.25) is 14.4 Å². The topological polar surface area (TPSA) is 199 Å². The molecule has 3 heterocycles. The molecule has 19 nitrogen and oxygen atoms in total. The summed E-state index contributed by atoms with van der Waals surface area (Å²) >= 11 is 0. The van der Waals surface area contributed by atoms with Crippen molar-refractivity contribution in [1.29, 1.82) is 0 Å². The average Bonchev–Trinajstić information content (AvgIpc) is 0.759. The molecule has 106 heavy (non-hydrogen) atoms. The first-order valence-corrected chi connectivity index (χ1v) is 40.1. The van der Waals surface area contributed by atoms with Crippen LogP contribution in [0.25, 0.3) is 0 Å². The first-order valence-electron chi connectivity index (χ1n) is 37.2. The minimum atomic E-state index is -2.80. The van der Waals surface area contributed by atoms with Gasteiger partial charge in [0, 0.05) is 0 Å². The zero-order valence-corrected chi connectivity index (χ0v) is 65.5. The molecule has 3 aliphatic rings. The number of unbranched alkanes of at least 4 members (excludes halogenated alkanes) is 1. The van der Waals surface area contributed by atoms with Gasteiger partial charge in [-0.15, -0.1) is 6.58 Å². The Kier molecular flexibility index (Phi) is 30.6. The highest BCUT2D eigenvalue weighted by atomic mass is 28.4. The number of ether oxygens (including phenoxy) is 15. The fraction of sp³-hybridized carbons (Fsp3) is 0.523. The van der Waals surface area contributed by atoms with Crippen LogP contribution in [0.1, 0.15) is 129 Å². The van der Waals surface area contributed by atoms with Gasteiger partial charge in [0.2, 0.25) is 0 Å². The van der Waals surface area contributed by atoms with Gasteiger partial charge in [-0.2, -0.15) is 0 Å². The number of allylic oxidation sites excluding steroid dienone is 1. The number of carbonyl (C=O) groups excluding carboxylic acids is 3. The molecule has 3 aliphatic heterocycles. The monoisotopic (exact) mass is 1480 g/mol. The molecule has 0 unspecified atom stereocenters. The largest absolute Gasteiger partial charge is 0.454 e. The van der Waals surface area contributed by atoms with Crippen molar-refractivity contribution < 1.29 is 89.9 Å². The van der Waals surface area contributed by atoms with Crippen molar-refractivity contribution in [3.8, 4) is 0 Å². The molecule has 0 aromatic heterocycles. The van der Waals surface area contributed by atoms with Crippen molar-refractivity contribution in [3.05, 3.63) is 228 Å². The van der Waals surface area contributed by atoms with Crippen LogP contribution >= 0.6 is 0 Å². The minimum absolute atomic E-state index is 0.0107. The zero-order valence-electron chi connectivity index (χ0n) is 64.5. The second-order valence-corrected chi connectivity index (χ2v) is 36.9. The standard InChI is InChI=1S/C86H114O19Si/c1-16-17-36-49-93-77-74(102-80(87)83(2,3)4)71(94-53-62-43-30-21-31-44-62)68(65(97-77)56-90-50-59-37-24-18-25-38-59)100-78-75(103-81(88)84(5,6)7)72(95-54-63-45-32-22-33-46-63)69(66(98-78)57-91-51-60-39-26-19-27-40-60)101-79-76(104-82(89)85(8,9)10)73(96-55-64-47-34-23-35-48-64)70(105-106(14,15)86(11,12)13)67(99-79)58-92-52-61-41-28-20-29-42-61/h16,18-35,37-48,65-79H,1,17,36,49-58H2,2-15H3/t65-,66-,67-,68-,69-,70-,71-,72-,73+,74-,75-,76-,77-,78+,79+/m1/s1. The van der Waals surface area contributed by atoms with E-state index in [1.54, 1.807) is 68.4 Å². The number of rotatable bonds is 35. The molecule has 576 valence electrons. The lowest BCUT2D eigenvalue weighted by Crippen LogP contribution is -2.69. The lowest BCUT2D eigenvalue weighted by Gasteiger charge is -2.52. The molecule has 3 fully saturated rings. The van der Waals surface area contributed by atoms with Crippen LogP contribution in [0, 0.1) is 16.2 Å². The molecule has 6 aromatic rings. The summed E-state index contributed by atoms with van der Waals surface area (Å²) in [6.07, 6.45) is -16.0. The van der Waals surface area contributed by atoms with Gasteiger partial charge >= 0.3 is 17.9 Å². The van der Waals surface area contributed by atoms with E-state index in [1.807, 2.05) is 182 Å². The molecule has 9 rings (SSSR count). The van der Waals surface area contributed by atoms with E-state index in [-0.39, 0.29) is 71.1 Å². The van der Waals surface area contributed by atoms with E-state index in [2.05, 4.69) is 40.4 Å². The SMILES string of the molecule is C=CCCCO[C@@H]1O[C@H](COCc2ccccc2)[C@@H](O[C@@H]2O[C@H](COCc3ccccc3)[C@@H](O[C@@H]3O[C@H](COCc4ccccc4)[C@@H](O[Si](C)(C)C(C)(C)C)[C@H](OCc4ccccc4)[C@H]3OC(=O)C(C)(C)C)[C@@H](OCc3ccccc3)[C@H]2OC(=O)C(C)(C)C)[C@@H](OCc2ccccc2)[C@H]1OC(=O)C(C)(C)C. The molecule has 0 N–H and O–H groups in total. The first-order chi connectivity index (χ1) is 50.6. The van der Waals surface area contributed by atoms with E-state index < -0.39 is 135 Å². The smallest absolute Gasteiger partial charge is 0.311 e. The number of carbonyl (C=O) groups is 3. The van der Waals surface area contributed by atoms with Gasteiger partial charge in [0.25, 0.3) is 0 Å². The second kappa shape index (κ2) is 39.0. The number of hydrogen-bond acceptors (Lipinski definition) is 19. The molecule has 0 radical (unpaired) electrons. The summed E-state index contributed by atoms with van der Waals surface area (Å²) in [6.45, 7) is 31.0. The highest BCUT2D eigenvalue weighted by Gasteiger charge is 2.60. The summed E-state index contributed by atoms with van der Waals surface area (Å²) in [6, 6.07) is 58.1. The molecule has 0 saturated carbocycles. The van der Waals surface area contributed by atoms with E-state index in [1.165, 1.54) is 0 Å². The molecule has 20 heteroatoms. The van der Waals surface area contributed by atoms with Gasteiger partial charge in [-0.05, 0) is 127 Å². The van der Waals surface area contributed by atoms with Crippen molar-refractivity contribution in [2.75, 3.05) is 26.4 Å². The highest BCUT2D eigenvalue weighted by Crippen LogP contribution is 2.44. The molecule has 0 spiro atoms. The summed E-state index contributed by atoms with van der Waals surface area (Å²) in [4.78, 5) is 44.8. The third-order valence-electron chi connectivity index (χ3n) is 19.0. The first kappa shape index (κ1) is 83.2. The maximum atomic E-state index is 15.3. The Morgan fingerprint density at radius 1 is 0.368 bits per heavy atom. The van der Waals surface area contributed by atoms with Gasteiger partial charge in [0.05, 0.1) is 82.3 Å². The summed E-state index contributed by atoms with van der Waals surface area (Å²) < 4.78 is 114. The molecule has 0 bridgehead atoms. The van der Waals surface area contributed by atoms with Crippen molar-refractivity contribution in [1.82, 2.24) is 0 Å². The Bertz CT molecular complexity index is 3580. The van der Waals surface area contributed by atoms with Gasteiger partial charge in [-0.1, -0.05) is 209 Å². The fourth-order valence-electron chi connectivity index (χ4n) is 11.9. The maximum absolute atomic E-state index is 15.3. The van der Waals surface area contributed by atoms with Crippen molar-refractivity contribution in [2.45, 2.75) is 246 Å². The molecule has 6 aromatic carbocycles. The van der Waals surface area contributed by atoms with Crippen LogP contribution in [0.5, 0.6) is 0 Å². The number of benzene rings is 6. The quantitative estimate of drug-likeness (QED) is 0.0119. The number of hydrogen-bond donors (Lipinski definition) is 0. The van der Waals surface area contributed by atoms with Crippen LogP contribution in [0.2, 0.25) is 18.1 Å². The molecular weight excluding hydrogens is 1370 g/mol. The third kappa shape index (κ3) is 24.3. The second-order valence-electron chi connectivity index (χ2n) is 32.1. The van der Waals surface area contributed by atoms with Crippen LogP contribution in [0.3, 0.4) is 0 Å². The molecule has 15 atom stereocenters. The van der Waals surface area contributed by atoms with Crippen molar-refractivity contribution >= 4 is 26.2 Å². The Hall–Kier alpha value is -6.83. The van der Waals surface area contributed by atoms with Crippen LogP contribution in [-0.2, 0) is 130 Å². The minimum Gasteiger partial charge on any atom is -0.454 e. The van der Waals surface area contributed by atoms with E-state index in [4.69, 9.17) is 75.5 Å². The van der Waals surface area contributed by atoms with Gasteiger partial charge in [0.15, 0.2) is 45.5 Å². The Balaban J connectivity index is 1.24. The summed E-state index contributed by atoms with van der Waals surface area (Å²) in [5.74, 6) is -1.78. The van der Waals surface area contributed by atoms with E-state index >= 15 is 9.59 Å². The molecule has 0 aliphatic carbocycles. The lowest BCUT2D eigenvalue weighted by molar-refractivity contribution is -0.388. The van der Waals surface area contributed by atoms with E-state index in [0.717, 1.165) is 33.4 Å². The van der Waals surface area contributed by atoms with Crippen molar-refractivity contribution in [3.63, 3.8) is 0 Å². The zero-order chi connectivity index (χ0) is 76.1. The Labute approximate surface area is 629 Å². The van der Waals surface area contributed by atoms with Gasteiger partial charge < -0.3 is 75.5 Å². The molecule has 3 saturated heterocycles. The van der Waals surface area contributed by atoms with Crippen molar-refractivity contribution in [2.24, 2.45) is 16.2 Å². The Morgan fingerprint density at radius 2 is 0.642 bits per heavy atom. The van der Waals surface area contributed by atoms with Gasteiger partial charge in [0.1, 0.15) is 54.9 Å². The van der Waals surface area contributed by atoms with E-state index in [9.17, 15) is 4.79 Å². The fourth-order valence-corrected chi connectivity index (χ4v) is 13.2. The number of esters is 3. The summed E-state index contributed by atoms with van der Waals surface area (Å²) in [5.41, 5.74) is 1.89. The average molecular weight is 1480 g/mol. The van der Waals surface area contributed by atoms with E-state index in [0.29, 0.717) is 12.8 Å². The predicted octanol–water partition coefficient (Wildman–Crippen LogP) is 15.6. The lowest BCUT2D eigenvalue weighted by atomic mass is 9.93. The van der Waals surface area contributed by atoms with Crippen LogP contribution in [0.4, 0.5) is 0 Å². The summed E-state index contributed by atoms with van der Waals surface area (Å²) in [7, 11) is -2.80. The third-order valence-corrected chi connectivity index (χ3v) is 23.5. The van der Waals surface area contributed by atoms with Crippen LogP contribution in [0.15, 0.2) is 195 Å². The normalized spacial score (nSPS) is 25.3. The van der Waals surface area contributed by atoms with Crippen LogP contribution in [-0.4, -0.2) is 145 Å². The maximum Gasteiger partial charge on any atom is 0.311 e.